The summed E-state index contributed by atoms with van der Waals surface area (Å²) in [5.74, 6) is -0.853. The van der Waals surface area contributed by atoms with Gasteiger partial charge in [-0.1, -0.05) is 34.8 Å². The molecule has 2 aromatic carbocycles. The fraction of sp³-hybridized carbons (Fsp3) is 0.125. The first-order valence-electron chi connectivity index (χ1n) is 6.69. The summed E-state index contributed by atoms with van der Waals surface area (Å²) in [4.78, 5) is 25.3. The van der Waals surface area contributed by atoms with Crippen LogP contribution in [-0.4, -0.2) is 18.4 Å². The number of anilines is 1. The molecule has 0 saturated carbocycles. The number of rotatable bonds is 5. The number of nitrogens with two attached hydrogens (primary N) is 1. The van der Waals surface area contributed by atoms with Gasteiger partial charge in [0.1, 0.15) is 0 Å². The fourth-order valence-electron chi connectivity index (χ4n) is 2.00. The average molecular weight is 372 g/mol. The Balaban J connectivity index is 2.37. The predicted molar refractivity (Wildman–Crippen MR) is 93.4 cm³/mol. The summed E-state index contributed by atoms with van der Waals surface area (Å²) in [6, 6.07) is 11.3. The van der Waals surface area contributed by atoms with Crippen LogP contribution in [0.25, 0.3) is 0 Å². The second-order valence-corrected chi connectivity index (χ2v) is 6.05. The van der Waals surface area contributed by atoms with E-state index in [0.29, 0.717) is 15.7 Å². The van der Waals surface area contributed by atoms with Crippen molar-refractivity contribution in [1.82, 2.24) is 0 Å². The molecule has 2 amide bonds. The number of primary amides is 1. The standard InChI is InChI=1S/C16H13Cl3N2O2/c17-10-1-4-12(5-2-10)21(8-7-15(20)22)16(23)13-6-3-11(18)9-14(13)19/h1-6,9H,7-8H2,(H2,20,22). The van der Waals surface area contributed by atoms with Crippen molar-refractivity contribution in [2.24, 2.45) is 5.73 Å². The van der Waals surface area contributed by atoms with Gasteiger partial charge in [-0.2, -0.15) is 0 Å². The van der Waals surface area contributed by atoms with Gasteiger partial charge in [-0.25, -0.2) is 0 Å². The number of amides is 2. The molecule has 0 fully saturated rings. The number of hydrogen-bond acceptors (Lipinski definition) is 2. The van der Waals surface area contributed by atoms with Gasteiger partial charge in [0.25, 0.3) is 5.91 Å². The molecule has 0 radical (unpaired) electrons. The van der Waals surface area contributed by atoms with Crippen LogP contribution in [0.1, 0.15) is 16.8 Å². The molecule has 120 valence electrons. The highest BCUT2D eigenvalue weighted by Gasteiger charge is 2.20. The molecule has 0 aromatic heterocycles. The van der Waals surface area contributed by atoms with Gasteiger partial charge < -0.3 is 10.6 Å². The van der Waals surface area contributed by atoms with E-state index in [4.69, 9.17) is 40.5 Å². The van der Waals surface area contributed by atoms with Crippen molar-refractivity contribution < 1.29 is 9.59 Å². The van der Waals surface area contributed by atoms with Gasteiger partial charge in [0.2, 0.25) is 5.91 Å². The molecular weight excluding hydrogens is 359 g/mol. The molecule has 0 unspecified atom stereocenters. The normalized spacial score (nSPS) is 10.4. The first-order chi connectivity index (χ1) is 10.9. The van der Waals surface area contributed by atoms with Crippen LogP contribution in [-0.2, 0) is 4.79 Å². The topological polar surface area (TPSA) is 63.4 Å². The van der Waals surface area contributed by atoms with E-state index >= 15 is 0 Å². The third kappa shape index (κ3) is 4.61. The Morgan fingerprint density at radius 1 is 0.957 bits per heavy atom. The fourth-order valence-corrected chi connectivity index (χ4v) is 2.61. The van der Waals surface area contributed by atoms with Crippen molar-refractivity contribution in [1.29, 1.82) is 0 Å². The highest BCUT2D eigenvalue weighted by Crippen LogP contribution is 2.25. The van der Waals surface area contributed by atoms with Crippen LogP contribution in [0.5, 0.6) is 0 Å². The Morgan fingerprint density at radius 2 is 1.57 bits per heavy atom. The van der Waals surface area contributed by atoms with Gasteiger partial charge in [0.05, 0.1) is 10.6 Å². The molecule has 7 heteroatoms. The van der Waals surface area contributed by atoms with E-state index in [0.717, 1.165) is 0 Å². The van der Waals surface area contributed by atoms with Gasteiger partial charge in [-0.3, -0.25) is 9.59 Å². The van der Waals surface area contributed by atoms with E-state index in [1.807, 2.05) is 0 Å². The average Bonchev–Trinajstić information content (AvgIpc) is 2.48. The zero-order valence-electron chi connectivity index (χ0n) is 11.9. The van der Waals surface area contributed by atoms with E-state index in [-0.39, 0.29) is 29.5 Å². The van der Waals surface area contributed by atoms with Gasteiger partial charge >= 0.3 is 0 Å². The zero-order chi connectivity index (χ0) is 17.0. The largest absolute Gasteiger partial charge is 0.370 e. The van der Waals surface area contributed by atoms with Crippen molar-refractivity contribution in [3.63, 3.8) is 0 Å². The number of hydrogen-bond donors (Lipinski definition) is 1. The van der Waals surface area contributed by atoms with Crippen molar-refractivity contribution >= 4 is 52.3 Å². The molecule has 0 saturated heterocycles. The lowest BCUT2D eigenvalue weighted by atomic mass is 10.1. The molecule has 0 aliphatic rings. The van der Waals surface area contributed by atoms with Crippen molar-refractivity contribution in [2.75, 3.05) is 11.4 Å². The van der Waals surface area contributed by atoms with Crippen molar-refractivity contribution in [3.8, 4) is 0 Å². The third-order valence-corrected chi connectivity index (χ3v) is 3.93. The minimum Gasteiger partial charge on any atom is -0.370 e. The SMILES string of the molecule is NC(=O)CCN(C(=O)c1ccc(Cl)cc1Cl)c1ccc(Cl)cc1. The molecule has 4 nitrogen and oxygen atoms in total. The van der Waals surface area contributed by atoms with Gasteiger partial charge in [-0.05, 0) is 42.5 Å². The van der Waals surface area contributed by atoms with Crippen LogP contribution >= 0.6 is 34.8 Å². The number of nitrogens with zero attached hydrogens (tertiary/aromatic N) is 1. The summed E-state index contributed by atoms with van der Waals surface area (Å²) >= 11 is 17.8. The quantitative estimate of drug-likeness (QED) is 0.857. The van der Waals surface area contributed by atoms with Crippen LogP contribution in [0.4, 0.5) is 5.69 Å². The minimum atomic E-state index is -0.501. The summed E-state index contributed by atoms with van der Waals surface area (Å²) in [6.07, 6.45) is 0.0274. The molecular formula is C16H13Cl3N2O2. The number of carbonyl (C=O) groups is 2. The third-order valence-electron chi connectivity index (χ3n) is 3.13. The Hall–Kier alpha value is -1.75. The lowest BCUT2D eigenvalue weighted by Crippen LogP contribution is -2.34. The number of benzene rings is 2. The smallest absolute Gasteiger partial charge is 0.259 e. The molecule has 0 heterocycles. The molecule has 2 rings (SSSR count). The van der Waals surface area contributed by atoms with Crippen LogP contribution in [0, 0.1) is 0 Å². The van der Waals surface area contributed by atoms with Crippen LogP contribution < -0.4 is 10.6 Å². The highest BCUT2D eigenvalue weighted by molar-refractivity contribution is 6.37. The van der Waals surface area contributed by atoms with Gasteiger partial charge in [0, 0.05) is 28.7 Å². The van der Waals surface area contributed by atoms with Gasteiger partial charge in [-0.15, -0.1) is 0 Å². The Kier molecular flexibility index (Phi) is 5.88. The van der Waals surface area contributed by atoms with Crippen LogP contribution in [0.3, 0.4) is 0 Å². The maximum absolute atomic E-state index is 12.8. The highest BCUT2D eigenvalue weighted by atomic mass is 35.5. The Labute approximate surface area is 148 Å². The molecule has 0 aliphatic carbocycles. The number of halogens is 3. The summed E-state index contributed by atoms with van der Waals surface area (Å²) < 4.78 is 0. The lowest BCUT2D eigenvalue weighted by Gasteiger charge is -2.23. The van der Waals surface area contributed by atoms with Gasteiger partial charge in [0.15, 0.2) is 0 Å². The predicted octanol–water partition coefficient (Wildman–Crippen LogP) is 4.17. The minimum absolute atomic E-state index is 0.0274. The molecule has 2 N–H and O–H groups in total. The number of carbonyl (C=O) groups excluding carboxylic acids is 2. The van der Waals surface area contributed by atoms with Crippen LogP contribution in [0.15, 0.2) is 42.5 Å². The van der Waals surface area contributed by atoms with Crippen molar-refractivity contribution in [3.05, 3.63) is 63.1 Å². The maximum Gasteiger partial charge on any atom is 0.259 e. The molecule has 0 spiro atoms. The summed E-state index contributed by atoms with van der Waals surface area (Å²) in [6.45, 7) is 0.134. The molecule has 23 heavy (non-hydrogen) atoms. The monoisotopic (exact) mass is 370 g/mol. The van der Waals surface area contributed by atoms with E-state index in [9.17, 15) is 9.59 Å². The maximum atomic E-state index is 12.8. The molecule has 0 atom stereocenters. The van der Waals surface area contributed by atoms with E-state index < -0.39 is 5.91 Å². The molecule has 2 aromatic rings. The Morgan fingerprint density at radius 3 is 2.13 bits per heavy atom. The lowest BCUT2D eigenvalue weighted by molar-refractivity contribution is -0.117. The molecule has 0 bridgehead atoms. The summed E-state index contributed by atoms with van der Waals surface area (Å²) in [5.41, 5.74) is 6.07. The summed E-state index contributed by atoms with van der Waals surface area (Å²) in [7, 11) is 0. The van der Waals surface area contributed by atoms with E-state index in [2.05, 4.69) is 0 Å². The first kappa shape index (κ1) is 17.6. The van der Waals surface area contributed by atoms with Crippen molar-refractivity contribution in [2.45, 2.75) is 6.42 Å². The van der Waals surface area contributed by atoms with E-state index in [1.54, 1.807) is 36.4 Å². The Bertz CT molecular complexity index is 733. The first-order valence-corrected chi connectivity index (χ1v) is 7.82. The second-order valence-electron chi connectivity index (χ2n) is 4.77. The van der Waals surface area contributed by atoms with E-state index in [1.165, 1.54) is 11.0 Å². The summed E-state index contributed by atoms with van der Waals surface area (Å²) in [5, 5.41) is 1.21. The second kappa shape index (κ2) is 7.68. The molecule has 0 aliphatic heterocycles. The zero-order valence-corrected chi connectivity index (χ0v) is 14.2. The van der Waals surface area contributed by atoms with Crippen LogP contribution in [0.2, 0.25) is 15.1 Å².